The maximum Gasteiger partial charge on any atom is -0.00931 e. The van der Waals surface area contributed by atoms with Crippen molar-refractivity contribution in [3.8, 4) is 0 Å². The van der Waals surface area contributed by atoms with Crippen molar-refractivity contribution in [1.82, 2.24) is 0 Å². The number of rotatable bonds is 0. The van der Waals surface area contributed by atoms with Crippen LogP contribution in [0.25, 0.3) is 0 Å². The Labute approximate surface area is 92.1 Å². The first-order valence-corrected chi connectivity index (χ1v) is 5.99. The molecular weight excluding hydrogens is 180 g/mol. The zero-order chi connectivity index (χ0) is 10.4. The lowest BCUT2D eigenvalue weighted by atomic mass is 9.81. The highest BCUT2D eigenvalue weighted by molar-refractivity contribution is 5.31. The maximum absolute atomic E-state index is 2.48. The quantitative estimate of drug-likeness (QED) is 0.556. The fourth-order valence-electron chi connectivity index (χ4n) is 3.56. The minimum atomic E-state index is 0.745. The van der Waals surface area contributed by atoms with Crippen molar-refractivity contribution in [1.29, 1.82) is 0 Å². The smallest absolute Gasteiger partial charge is 0.00931 e. The predicted molar refractivity (Wildman–Crippen MR) is 64.3 cm³/mol. The van der Waals surface area contributed by atoms with Crippen LogP contribution in [0.3, 0.4) is 0 Å². The Morgan fingerprint density at radius 2 is 1.53 bits per heavy atom. The summed E-state index contributed by atoms with van der Waals surface area (Å²) in [5.74, 6) is 3.81. The van der Waals surface area contributed by atoms with Crippen molar-refractivity contribution in [2.45, 2.75) is 13.8 Å². The topological polar surface area (TPSA) is 0 Å². The van der Waals surface area contributed by atoms with E-state index in [4.69, 9.17) is 0 Å². The zero-order valence-corrected chi connectivity index (χ0v) is 9.43. The van der Waals surface area contributed by atoms with Crippen molar-refractivity contribution in [3.05, 3.63) is 48.1 Å². The van der Waals surface area contributed by atoms with Gasteiger partial charge in [0.2, 0.25) is 0 Å². The highest BCUT2D eigenvalue weighted by Crippen LogP contribution is 2.51. The molecule has 0 amide bonds. The molecular formula is C15H18. The minimum absolute atomic E-state index is 0.745. The third kappa shape index (κ3) is 1.27. The van der Waals surface area contributed by atoms with Gasteiger partial charge in [0, 0.05) is 0 Å². The molecule has 0 bridgehead atoms. The molecule has 0 saturated heterocycles. The first-order valence-electron chi connectivity index (χ1n) is 5.99. The molecule has 0 nitrogen and oxygen atoms in total. The van der Waals surface area contributed by atoms with E-state index in [0.29, 0.717) is 0 Å². The number of allylic oxidation sites excluding steroid dienone is 8. The lowest BCUT2D eigenvalue weighted by Gasteiger charge is -2.23. The zero-order valence-electron chi connectivity index (χ0n) is 9.43. The molecule has 78 valence electrons. The molecule has 0 spiro atoms. The van der Waals surface area contributed by atoms with Gasteiger partial charge < -0.3 is 0 Å². The minimum Gasteiger partial charge on any atom is -0.0805 e. The van der Waals surface area contributed by atoms with Gasteiger partial charge in [0.25, 0.3) is 0 Å². The average molecular weight is 198 g/mol. The van der Waals surface area contributed by atoms with Crippen molar-refractivity contribution in [2.75, 3.05) is 0 Å². The summed E-state index contributed by atoms with van der Waals surface area (Å²) >= 11 is 0. The van der Waals surface area contributed by atoms with Crippen LogP contribution in [-0.2, 0) is 0 Å². The first kappa shape index (κ1) is 9.21. The molecule has 0 heterocycles. The van der Waals surface area contributed by atoms with E-state index in [1.165, 1.54) is 5.57 Å². The third-order valence-corrected chi connectivity index (χ3v) is 4.36. The van der Waals surface area contributed by atoms with Crippen LogP contribution >= 0.6 is 0 Å². The molecule has 3 rings (SSSR count). The maximum atomic E-state index is 2.48. The predicted octanol–water partition coefficient (Wildman–Crippen LogP) is 3.74. The highest BCUT2D eigenvalue weighted by atomic mass is 14.5. The summed E-state index contributed by atoms with van der Waals surface area (Å²) in [7, 11) is 0. The Morgan fingerprint density at radius 3 is 2.33 bits per heavy atom. The molecule has 1 fully saturated rings. The molecule has 5 atom stereocenters. The third-order valence-electron chi connectivity index (χ3n) is 4.36. The second kappa shape index (κ2) is 3.23. The molecule has 0 heteroatoms. The standard InChI is InChI=1S/C15H18/c1-10-7-8-13-11(2)12-5-3-4-6-14(12)15(13)9-10/h3-9,11-15H,1-2H3. The molecule has 0 aromatic heterocycles. The van der Waals surface area contributed by atoms with Gasteiger partial charge in [-0.1, -0.05) is 55.0 Å². The number of fused-ring (bicyclic) bond motifs is 3. The van der Waals surface area contributed by atoms with Gasteiger partial charge in [-0.25, -0.2) is 0 Å². The fourth-order valence-corrected chi connectivity index (χ4v) is 3.56. The highest BCUT2D eigenvalue weighted by Gasteiger charge is 2.44. The van der Waals surface area contributed by atoms with E-state index in [9.17, 15) is 0 Å². The fraction of sp³-hybridized carbons (Fsp3) is 0.467. The number of hydrogen-bond acceptors (Lipinski definition) is 0. The molecule has 0 N–H and O–H groups in total. The van der Waals surface area contributed by atoms with Gasteiger partial charge in [-0.05, 0) is 36.5 Å². The summed E-state index contributed by atoms with van der Waals surface area (Å²) < 4.78 is 0. The van der Waals surface area contributed by atoms with Crippen LogP contribution in [0.5, 0.6) is 0 Å². The lowest BCUT2D eigenvalue weighted by Crippen LogP contribution is -2.15. The van der Waals surface area contributed by atoms with E-state index < -0.39 is 0 Å². The van der Waals surface area contributed by atoms with Gasteiger partial charge in [-0.2, -0.15) is 0 Å². The van der Waals surface area contributed by atoms with Crippen LogP contribution in [0.4, 0.5) is 0 Å². The van der Waals surface area contributed by atoms with Gasteiger partial charge >= 0.3 is 0 Å². The summed E-state index contributed by atoms with van der Waals surface area (Å²) in [6, 6.07) is 0. The van der Waals surface area contributed by atoms with Gasteiger partial charge in [0.15, 0.2) is 0 Å². The molecule has 0 aromatic rings. The lowest BCUT2D eigenvalue weighted by molar-refractivity contribution is 0.414. The van der Waals surface area contributed by atoms with Crippen LogP contribution in [0.15, 0.2) is 48.1 Å². The molecule has 0 aliphatic heterocycles. The Bertz CT molecular complexity index is 381. The Hall–Kier alpha value is -1.04. The van der Waals surface area contributed by atoms with Crippen LogP contribution < -0.4 is 0 Å². The second-order valence-electron chi connectivity index (χ2n) is 5.21. The van der Waals surface area contributed by atoms with Crippen molar-refractivity contribution in [2.24, 2.45) is 29.6 Å². The molecule has 15 heavy (non-hydrogen) atoms. The summed E-state index contributed by atoms with van der Waals surface area (Å²) in [5, 5.41) is 0. The van der Waals surface area contributed by atoms with Gasteiger partial charge in [-0.3, -0.25) is 0 Å². The Kier molecular flexibility index (Phi) is 1.98. The normalized spacial score (nSPS) is 46.3. The molecule has 0 aromatic carbocycles. The van der Waals surface area contributed by atoms with E-state index in [1.54, 1.807) is 0 Å². The molecule has 5 unspecified atom stereocenters. The van der Waals surface area contributed by atoms with E-state index in [1.807, 2.05) is 0 Å². The monoisotopic (exact) mass is 198 g/mol. The van der Waals surface area contributed by atoms with E-state index in [-0.39, 0.29) is 0 Å². The number of hydrogen-bond donors (Lipinski definition) is 0. The molecule has 3 aliphatic carbocycles. The van der Waals surface area contributed by atoms with Crippen LogP contribution in [0, 0.1) is 29.6 Å². The average Bonchev–Trinajstić information content (AvgIpc) is 2.54. The summed E-state index contributed by atoms with van der Waals surface area (Å²) in [4.78, 5) is 0. The summed E-state index contributed by atoms with van der Waals surface area (Å²) in [6.07, 6.45) is 16.5. The van der Waals surface area contributed by atoms with E-state index >= 15 is 0 Å². The van der Waals surface area contributed by atoms with E-state index in [2.05, 4.69) is 56.4 Å². The van der Waals surface area contributed by atoms with Gasteiger partial charge in [0.1, 0.15) is 0 Å². The van der Waals surface area contributed by atoms with Crippen molar-refractivity contribution in [3.63, 3.8) is 0 Å². The van der Waals surface area contributed by atoms with Crippen LogP contribution in [0.2, 0.25) is 0 Å². The molecule has 1 saturated carbocycles. The Morgan fingerprint density at radius 1 is 0.867 bits per heavy atom. The van der Waals surface area contributed by atoms with Gasteiger partial charge in [-0.15, -0.1) is 0 Å². The second-order valence-corrected chi connectivity index (χ2v) is 5.21. The Balaban J connectivity index is 2.00. The first-order chi connectivity index (χ1) is 7.27. The van der Waals surface area contributed by atoms with Crippen molar-refractivity contribution >= 4 is 0 Å². The summed E-state index contributed by atoms with van der Waals surface area (Å²) in [5.41, 5.74) is 1.44. The largest absolute Gasteiger partial charge is 0.0805 e. The van der Waals surface area contributed by atoms with Crippen LogP contribution in [-0.4, -0.2) is 0 Å². The molecule has 0 radical (unpaired) electrons. The molecule has 3 aliphatic rings. The summed E-state index contributed by atoms with van der Waals surface area (Å²) in [6.45, 7) is 4.62. The SMILES string of the molecule is CC1=CC2C(C=C1)C(C)C1C=CC=CC12. The van der Waals surface area contributed by atoms with E-state index in [0.717, 1.165) is 29.6 Å². The van der Waals surface area contributed by atoms with Crippen LogP contribution in [0.1, 0.15) is 13.8 Å². The van der Waals surface area contributed by atoms with Crippen molar-refractivity contribution < 1.29 is 0 Å². The van der Waals surface area contributed by atoms with Gasteiger partial charge in [0.05, 0.1) is 0 Å².